The summed E-state index contributed by atoms with van der Waals surface area (Å²) in [7, 11) is 0. The highest BCUT2D eigenvalue weighted by Gasteiger charge is 2.05. The molecule has 2 heterocycles. The van der Waals surface area contributed by atoms with Gasteiger partial charge in [-0.3, -0.25) is 4.98 Å². The quantitative estimate of drug-likeness (QED) is 0.769. The van der Waals surface area contributed by atoms with Crippen molar-refractivity contribution in [3.05, 3.63) is 65.7 Å². The van der Waals surface area contributed by atoms with Crippen molar-refractivity contribution in [2.45, 2.75) is 13.5 Å². The molecule has 5 heteroatoms. The van der Waals surface area contributed by atoms with Gasteiger partial charge < -0.3 is 10.3 Å². The number of aromatic amines is 1. The number of pyridine rings is 1. The van der Waals surface area contributed by atoms with Crippen LogP contribution in [0.3, 0.4) is 0 Å². The number of halogens is 1. The Bertz CT molecular complexity index is 751. The van der Waals surface area contributed by atoms with Crippen molar-refractivity contribution in [1.82, 2.24) is 15.0 Å². The van der Waals surface area contributed by atoms with Crippen LogP contribution in [0.2, 0.25) is 0 Å². The lowest BCUT2D eigenvalue weighted by Crippen LogP contribution is -2.02. The van der Waals surface area contributed by atoms with Crippen molar-refractivity contribution in [2.75, 3.05) is 5.32 Å². The van der Waals surface area contributed by atoms with E-state index in [0.717, 1.165) is 17.1 Å². The van der Waals surface area contributed by atoms with E-state index in [9.17, 15) is 4.39 Å². The Hall–Kier alpha value is -2.69. The van der Waals surface area contributed by atoms with Gasteiger partial charge in [0.2, 0.25) is 5.95 Å². The Labute approximate surface area is 122 Å². The Kier molecular flexibility index (Phi) is 3.64. The third-order valence-corrected chi connectivity index (χ3v) is 3.14. The minimum Gasteiger partial charge on any atom is -0.352 e. The van der Waals surface area contributed by atoms with E-state index in [-0.39, 0.29) is 5.82 Å². The first-order valence-corrected chi connectivity index (χ1v) is 6.69. The number of benzene rings is 1. The molecule has 3 aromatic rings. The third-order valence-electron chi connectivity index (χ3n) is 3.14. The molecular weight excluding hydrogens is 267 g/mol. The lowest BCUT2D eigenvalue weighted by molar-refractivity contribution is 0.613. The average Bonchev–Trinajstić information content (AvgIpc) is 2.95. The Morgan fingerprint density at radius 3 is 2.81 bits per heavy atom. The molecule has 2 N–H and O–H groups in total. The summed E-state index contributed by atoms with van der Waals surface area (Å²) in [6, 6.07) is 12.5. The molecule has 0 saturated carbocycles. The summed E-state index contributed by atoms with van der Waals surface area (Å²) in [5.74, 6) is 0.369. The molecule has 4 nitrogen and oxygen atoms in total. The second-order valence-corrected chi connectivity index (χ2v) is 4.75. The number of anilines is 1. The molecule has 0 unspecified atom stereocenters. The third kappa shape index (κ3) is 3.08. The molecule has 0 aliphatic heterocycles. The summed E-state index contributed by atoms with van der Waals surface area (Å²) >= 11 is 0. The topological polar surface area (TPSA) is 53.6 Å². The maximum Gasteiger partial charge on any atom is 0.200 e. The number of imidazole rings is 1. The molecule has 0 saturated heterocycles. The molecule has 2 aromatic heterocycles. The van der Waals surface area contributed by atoms with Gasteiger partial charge in [0.25, 0.3) is 0 Å². The van der Waals surface area contributed by atoms with E-state index in [1.165, 1.54) is 6.07 Å². The van der Waals surface area contributed by atoms with E-state index in [4.69, 9.17) is 0 Å². The molecule has 0 amide bonds. The van der Waals surface area contributed by atoms with E-state index < -0.39 is 0 Å². The fraction of sp³-hybridized carbons (Fsp3) is 0.125. The standard InChI is InChI=1S/C16H15FN4/c1-11-5-4-8-14(20-11)15-10-19-16(21-15)18-9-12-6-2-3-7-13(12)17/h2-8,10H,9H2,1H3,(H2,18,19,21). The Balaban J connectivity index is 1.72. The molecule has 0 bridgehead atoms. The molecule has 0 aliphatic rings. The first-order chi connectivity index (χ1) is 10.2. The van der Waals surface area contributed by atoms with Crippen LogP contribution in [0.1, 0.15) is 11.3 Å². The van der Waals surface area contributed by atoms with E-state index in [1.807, 2.05) is 31.2 Å². The van der Waals surface area contributed by atoms with Gasteiger partial charge in [-0.15, -0.1) is 0 Å². The minimum atomic E-state index is -0.225. The van der Waals surface area contributed by atoms with Crippen LogP contribution in [0.25, 0.3) is 11.4 Å². The number of hydrogen-bond acceptors (Lipinski definition) is 3. The molecule has 106 valence electrons. The predicted octanol–water partition coefficient (Wildman–Crippen LogP) is 3.53. The summed E-state index contributed by atoms with van der Waals surface area (Å²) in [6.07, 6.45) is 1.71. The van der Waals surface area contributed by atoms with Crippen molar-refractivity contribution in [2.24, 2.45) is 0 Å². The van der Waals surface area contributed by atoms with E-state index in [0.29, 0.717) is 18.1 Å². The monoisotopic (exact) mass is 282 g/mol. The highest BCUT2D eigenvalue weighted by Crippen LogP contribution is 2.17. The van der Waals surface area contributed by atoms with Gasteiger partial charge in [-0.05, 0) is 25.1 Å². The maximum absolute atomic E-state index is 13.5. The molecule has 0 atom stereocenters. The van der Waals surface area contributed by atoms with Gasteiger partial charge in [-0.25, -0.2) is 9.37 Å². The van der Waals surface area contributed by atoms with E-state index in [1.54, 1.807) is 18.3 Å². The van der Waals surface area contributed by atoms with Gasteiger partial charge in [0.15, 0.2) is 0 Å². The lowest BCUT2D eigenvalue weighted by atomic mass is 10.2. The summed E-state index contributed by atoms with van der Waals surface area (Å²) in [4.78, 5) is 11.8. The summed E-state index contributed by atoms with van der Waals surface area (Å²) < 4.78 is 13.5. The van der Waals surface area contributed by atoms with Crippen LogP contribution in [0.5, 0.6) is 0 Å². The second kappa shape index (κ2) is 5.75. The number of aryl methyl sites for hydroxylation is 1. The summed E-state index contributed by atoms with van der Waals surface area (Å²) in [6.45, 7) is 2.32. The molecule has 0 aliphatic carbocycles. The first-order valence-electron chi connectivity index (χ1n) is 6.69. The predicted molar refractivity (Wildman–Crippen MR) is 80.3 cm³/mol. The highest BCUT2D eigenvalue weighted by molar-refractivity contribution is 5.55. The summed E-state index contributed by atoms with van der Waals surface area (Å²) in [5, 5.41) is 3.07. The molecule has 1 aromatic carbocycles. The van der Waals surface area contributed by atoms with Crippen LogP contribution in [0.4, 0.5) is 10.3 Å². The molecule has 0 fully saturated rings. The van der Waals surface area contributed by atoms with Crippen molar-refractivity contribution in [3.8, 4) is 11.4 Å². The second-order valence-electron chi connectivity index (χ2n) is 4.75. The van der Waals surface area contributed by atoms with Crippen LogP contribution < -0.4 is 5.32 Å². The van der Waals surface area contributed by atoms with Gasteiger partial charge in [0.05, 0.1) is 17.6 Å². The number of rotatable bonds is 4. The highest BCUT2D eigenvalue weighted by atomic mass is 19.1. The van der Waals surface area contributed by atoms with Crippen LogP contribution in [0, 0.1) is 12.7 Å². The summed E-state index contributed by atoms with van der Waals surface area (Å²) in [5.41, 5.74) is 3.21. The number of hydrogen-bond donors (Lipinski definition) is 2. The fourth-order valence-corrected chi connectivity index (χ4v) is 2.05. The van der Waals surface area contributed by atoms with Crippen molar-refractivity contribution < 1.29 is 4.39 Å². The largest absolute Gasteiger partial charge is 0.352 e. The number of nitrogens with zero attached hydrogens (tertiary/aromatic N) is 2. The Morgan fingerprint density at radius 1 is 1.14 bits per heavy atom. The molecule has 3 rings (SSSR count). The van der Waals surface area contributed by atoms with E-state index >= 15 is 0 Å². The fourth-order valence-electron chi connectivity index (χ4n) is 2.05. The first kappa shape index (κ1) is 13.3. The van der Waals surface area contributed by atoms with Gasteiger partial charge >= 0.3 is 0 Å². The number of nitrogens with one attached hydrogen (secondary N) is 2. The molecule has 0 radical (unpaired) electrons. The molecular formula is C16H15FN4. The smallest absolute Gasteiger partial charge is 0.200 e. The Morgan fingerprint density at radius 2 is 2.00 bits per heavy atom. The van der Waals surface area contributed by atoms with Crippen LogP contribution >= 0.6 is 0 Å². The molecule has 21 heavy (non-hydrogen) atoms. The van der Waals surface area contributed by atoms with Gasteiger partial charge in [-0.2, -0.15) is 0 Å². The molecule has 0 spiro atoms. The van der Waals surface area contributed by atoms with Crippen molar-refractivity contribution >= 4 is 5.95 Å². The minimum absolute atomic E-state index is 0.225. The zero-order valence-corrected chi connectivity index (χ0v) is 11.6. The zero-order valence-electron chi connectivity index (χ0n) is 11.6. The van der Waals surface area contributed by atoms with Crippen LogP contribution in [0.15, 0.2) is 48.7 Å². The van der Waals surface area contributed by atoms with E-state index in [2.05, 4.69) is 20.3 Å². The zero-order chi connectivity index (χ0) is 14.7. The van der Waals surface area contributed by atoms with Crippen molar-refractivity contribution in [3.63, 3.8) is 0 Å². The van der Waals surface area contributed by atoms with Gasteiger partial charge in [0.1, 0.15) is 5.82 Å². The van der Waals surface area contributed by atoms with Crippen LogP contribution in [-0.2, 0) is 6.54 Å². The number of H-pyrrole nitrogens is 1. The SMILES string of the molecule is Cc1cccc(-c2cnc(NCc3ccccc3F)[nH]2)n1. The maximum atomic E-state index is 13.5. The number of aromatic nitrogens is 3. The normalized spacial score (nSPS) is 10.6. The van der Waals surface area contributed by atoms with Crippen LogP contribution in [-0.4, -0.2) is 15.0 Å². The van der Waals surface area contributed by atoms with Gasteiger partial charge in [0, 0.05) is 17.8 Å². The lowest BCUT2D eigenvalue weighted by Gasteiger charge is -2.04. The average molecular weight is 282 g/mol. The van der Waals surface area contributed by atoms with Gasteiger partial charge in [-0.1, -0.05) is 24.3 Å². The van der Waals surface area contributed by atoms with Crippen molar-refractivity contribution in [1.29, 1.82) is 0 Å².